The van der Waals surface area contributed by atoms with E-state index >= 15 is 0 Å². The van der Waals surface area contributed by atoms with Gasteiger partial charge in [-0.25, -0.2) is 4.79 Å². The van der Waals surface area contributed by atoms with Gasteiger partial charge in [-0.2, -0.15) is 13.2 Å². The zero-order valence-electron chi connectivity index (χ0n) is 10.8. The Morgan fingerprint density at radius 3 is 2.50 bits per heavy atom. The summed E-state index contributed by atoms with van der Waals surface area (Å²) in [6.07, 6.45) is -4.55. The molecule has 0 aromatic heterocycles. The van der Waals surface area contributed by atoms with Gasteiger partial charge in [0.2, 0.25) is 0 Å². The van der Waals surface area contributed by atoms with Crippen LogP contribution in [0.5, 0.6) is 0 Å². The normalized spacial score (nSPS) is 11.0. The number of carbonyl (C=O) groups excluding carboxylic acids is 1. The zero-order chi connectivity index (χ0) is 15.3. The highest BCUT2D eigenvalue weighted by Gasteiger charge is 2.33. The predicted octanol–water partition coefficient (Wildman–Crippen LogP) is 2.50. The van der Waals surface area contributed by atoms with E-state index in [1.165, 1.54) is 18.2 Å². The van der Waals surface area contributed by atoms with Crippen LogP contribution in [0.25, 0.3) is 0 Å². The van der Waals surface area contributed by atoms with Crippen molar-refractivity contribution in [2.24, 2.45) is 5.73 Å². The molecule has 1 aromatic rings. The van der Waals surface area contributed by atoms with Crippen LogP contribution in [0, 0.1) is 5.41 Å². The smallest absolute Gasteiger partial charge is 0.386 e. The molecular formula is C12H15F3N4O. The summed E-state index contributed by atoms with van der Waals surface area (Å²) < 4.78 is 38.3. The Hall–Kier alpha value is -2.25. The molecule has 0 saturated heterocycles. The second-order valence-corrected chi connectivity index (χ2v) is 4.01. The lowest BCUT2D eigenvalue weighted by Crippen LogP contribution is -2.40. The monoisotopic (exact) mass is 288 g/mol. The molecule has 4 N–H and O–H groups in total. The molecule has 5 nitrogen and oxygen atoms in total. The van der Waals surface area contributed by atoms with Crippen molar-refractivity contribution in [3.8, 4) is 0 Å². The van der Waals surface area contributed by atoms with Crippen molar-refractivity contribution in [2.45, 2.75) is 13.1 Å². The lowest BCUT2D eigenvalue weighted by molar-refractivity contribution is -0.136. The number of likely N-dealkylation sites (N-methyl/N-ethyl adjacent to an activating group) is 1. The second-order valence-electron chi connectivity index (χ2n) is 4.01. The van der Waals surface area contributed by atoms with Crippen LogP contribution in [-0.2, 0) is 6.18 Å². The number of urea groups is 1. The standard InChI is InChI=1S/C12H15F3N4O/c1-2-19(7-10(16)17)11(20)18-9-6-4-3-5-8(9)12(13,14)15/h3-6H,2,7H2,1H3,(H3,16,17)(H,18,20). The van der Waals surface area contributed by atoms with Gasteiger partial charge >= 0.3 is 12.2 Å². The average molecular weight is 288 g/mol. The molecule has 0 radical (unpaired) electrons. The maximum Gasteiger partial charge on any atom is 0.418 e. The Bertz CT molecular complexity index is 502. The molecule has 0 aliphatic heterocycles. The Balaban J connectivity index is 2.93. The molecule has 2 amide bonds. The number of nitrogens with two attached hydrogens (primary N) is 1. The van der Waals surface area contributed by atoms with Crippen LogP contribution in [0.3, 0.4) is 0 Å². The predicted molar refractivity (Wildman–Crippen MR) is 69.6 cm³/mol. The lowest BCUT2D eigenvalue weighted by Gasteiger charge is -2.22. The maximum absolute atomic E-state index is 12.8. The van der Waals surface area contributed by atoms with E-state index in [1.807, 2.05) is 0 Å². The van der Waals surface area contributed by atoms with Crippen LogP contribution in [0.4, 0.5) is 23.7 Å². The Morgan fingerprint density at radius 2 is 2.00 bits per heavy atom. The van der Waals surface area contributed by atoms with E-state index in [0.29, 0.717) is 0 Å². The highest BCUT2D eigenvalue weighted by Crippen LogP contribution is 2.34. The number of nitrogens with one attached hydrogen (secondary N) is 2. The summed E-state index contributed by atoms with van der Waals surface area (Å²) in [6.45, 7) is 1.72. The van der Waals surface area contributed by atoms with Crippen molar-refractivity contribution in [1.82, 2.24) is 4.90 Å². The number of amides is 2. The topological polar surface area (TPSA) is 82.2 Å². The minimum atomic E-state index is -4.55. The summed E-state index contributed by atoms with van der Waals surface area (Å²) >= 11 is 0. The van der Waals surface area contributed by atoms with E-state index in [0.717, 1.165) is 11.0 Å². The van der Waals surface area contributed by atoms with Crippen LogP contribution in [0.15, 0.2) is 24.3 Å². The van der Waals surface area contributed by atoms with Crippen molar-refractivity contribution in [1.29, 1.82) is 5.41 Å². The van der Waals surface area contributed by atoms with Gasteiger partial charge in [0.1, 0.15) is 5.84 Å². The molecule has 20 heavy (non-hydrogen) atoms. The summed E-state index contributed by atoms with van der Waals surface area (Å²) in [4.78, 5) is 13.0. The molecule has 0 bridgehead atoms. The number of rotatable bonds is 4. The van der Waals surface area contributed by atoms with E-state index in [2.05, 4.69) is 5.32 Å². The van der Waals surface area contributed by atoms with Gasteiger partial charge < -0.3 is 16.0 Å². The first kappa shape index (κ1) is 15.8. The molecule has 0 aliphatic rings. The molecule has 8 heteroatoms. The van der Waals surface area contributed by atoms with E-state index in [1.54, 1.807) is 6.92 Å². The van der Waals surface area contributed by atoms with Crippen molar-refractivity contribution in [2.75, 3.05) is 18.4 Å². The molecule has 0 fully saturated rings. The molecule has 0 atom stereocenters. The van der Waals surface area contributed by atoms with E-state index in [-0.39, 0.29) is 24.6 Å². The van der Waals surface area contributed by atoms with Gasteiger partial charge in [0.05, 0.1) is 17.8 Å². The number of para-hydroxylation sites is 1. The van der Waals surface area contributed by atoms with Crippen molar-refractivity contribution < 1.29 is 18.0 Å². The second kappa shape index (κ2) is 6.27. The molecule has 0 aliphatic carbocycles. The van der Waals surface area contributed by atoms with Gasteiger partial charge in [-0.1, -0.05) is 12.1 Å². The highest BCUT2D eigenvalue weighted by atomic mass is 19.4. The lowest BCUT2D eigenvalue weighted by atomic mass is 10.1. The largest absolute Gasteiger partial charge is 0.418 e. The van der Waals surface area contributed by atoms with Crippen molar-refractivity contribution in [3.05, 3.63) is 29.8 Å². The van der Waals surface area contributed by atoms with Crippen LogP contribution in [0.2, 0.25) is 0 Å². The van der Waals surface area contributed by atoms with Crippen LogP contribution >= 0.6 is 0 Å². The summed E-state index contributed by atoms with van der Waals surface area (Å²) in [5, 5.41) is 9.31. The number of carbonyl (C=O) groups is 1. The number of anilines is 1. The summed E-state index contributed by atoms with van der Waals surface area (Å²) in [5.74, 6) is -0.244. The molecule has 0 saturated carbocycles. The maximum atomic E-state index is 12.8. The number of amidine groups is 1. The van der Waals surface area contributed by atoms with Gasteiger partial charge in [-0.3, -0.25) is 5.41 Å². The third-order valence-electron chi connectivity index (χ3n) is 2.50. The van der Waals surface area contributed by atoms with Gasteiger partial charge in [0.25, 0.3) is 0 Å². The first-order valence-electron chi connectivity index (χ1n) is 5.80. The third kappa shape index (κ3) is 4.15. The molecule has 0 heterocycles. The fraction of sp³-hybridized carbons (Fsp3) is 0.333. The number of alkyl halides is 3. The van der Waals surface area contributed by atoms with E-state index in [4.69, 9.17) is 11.1 Å². The third-order valence-corrected chi connectivity index (χ3v) is 2.50. The van der Waals surface area contributed by atoms with Crippen LogP contribution in [0.1, 0.15) is 12.5 Å². The molecule has 1 rings (SSSR count). The molecule has 0 unspecified atom stereocenters. The number of hydrogen-bond donors (Lipinski definition) is 3. The SMILES string of the molecule is CCN(CC(=N)N)C(=O)Nc1ccccc1C(F)(F)F. The summed E-state index contributed by atoms with van der Waals surface area (Å²) in [7, 11) is 0. The highest BCUT2D eigenvalue weighted by molar-refractivity contribution is 5.93. The van der Waals surface area contributed by atoms with E-state index < -0.39 is 17.8 Å². The molecule has 0 spiro atoms. The molecular weight excluding hydrogens is 273 g/mol. The van der Waals surface area contributed by atoms with Crippen molar-refractivity contribution in [3.63, 3.8) is 0 Å². The minimum absolute atomic E-state index is 0.142. The van der Waals surface area contributed by atoms with Crippen molar-refractivity contribution >= 4 is 17.6 Å². The van der Waals surface area contributed by atoms with Gasteiger partial charge in [-0.05, 0) is 19.1 Å². The Kier molecular flexibility index (Phi) is 4.95. The fourth-order valence-corrected chi connectivity index (χ4v) is 1.57. The summed E-state index contributed by atoms with van der Waals surface area (Å²) in [6, 6.07) is 3.95. The van der Waals surface area contributed by atoms with Gasteiger partial charge in [0, 0.05) is 6.54 Å². The Morgan fingerprint density at radius 1 is 1.40 bits per heavy atom. The first-order chi connectivity index (χ1) is 9.25. The summed E-state index contributed by atoms with van der Waals surface area (Å²) in [5.41, 5.74) is 3.93. The fourth-order valence-electron chi connectivity index (χ4n) is 1.57. The number of benzene rings is 1. The molecule has 1 aromatic carbocycles. The van der Waals surface area contributed by atoms with E-state index in [9.17, 15) is 18.0 Å². The number of halogens is 3. The average Bonchev–Trinajstić information content (AvgIpc) is 2.34. The first-order valence-corrected chi connectivity index (χ1v) is 5.80. The van der Waals surface area contributed by atoms with Gasteiger partial charge in [0.15, 0.2) is 0 Å². The zero-order valence-corrected chi connectivity index (χ0v) is 10.8. The van der Waals surface area contributed by atoms with Crippen LogP contribution in [-0.4, -0.2) is 29.9 Å². The minimum Gasteiger partial charge on any atom is -0.386 e. The quantitative estimate of drug-likeness (QED) is 0.587. The van der Waals surface area contributed by atoms with Gasteiger partial charge in [-0.15, -0.1) is 0 Å². The molecule has 110 valence electrons. The van der Waals surface area contributed by atoms with Crippen LogP contribution < -0.4 is 11.1 Å². The number of nitrogens with zero attached hydrogens (tertiary/aromatic N) is 1. The number of hydrogen-bond acceptors (Lipinski definition) is 2. The Labute approximate surface area is 114 Å².